The third kappa shape index (κ3) is 5.09. The second-order valence-electron chi connectivity index (χ2n) is 7.84. The van der Waals surface area contributed by atoms with Crippen LogP contribution in [0.1, 0.15) is 22.4 Å². The largest absolute Gasteiger partial charge is 0.383 e. The van der Waals surface area contributed by atoms with E-state index >= 15 is 0 Å². The molecule has 6 N–H and O–H groups in total. The zero-order valence-corrected chi connectivity index (χ0v) is 19.1. The highest BCUT2D eigenvalue weighted by Crippen LogP contribution is 2.40. The first-order chi connectivity index (χ1) is 15.8. The maximum absolute atomic E-state index is 12.4. The highest BCUT2D eigenvalue weighted by Gasteiger charge is 2.18. The van der Waals surface area contributed by atoms with Gasteiger partial charge in [-0.15, -0.1) is 11.3 Å². The first kappa shape index (κ1) is 22.2. The van der Waals surface area contributed by atoms with E-state index in [-0.39, 0.29) is 18.4 Å². The maximum atomic E-state index is 12.4. The highest BCUT2D eigenvalue weighted by atomic mass is 32.1. The van der Waals surface area contributed by atoms with Gasteiger partial charge in [0, 0.05) is 28.2 Å². The van der Waals surface area contributed by atoms with Gasteiger partial charge in [0.15, 0.2) is 0 Å². The molecule has 0 aliphatic rings. The lowest BCUT2D eigenvalue weighted by atomic mass is 10.0. The van der Waals surface area contributed by atoms with E-state index in [2.05, 4.69) is 20.6 Å². The second kappa shape index (κ2) is 9.25. The van der Waals surface area contributed by atoms with Crippen molar-refractivity contribution in [1.82, 2.24) is 9.97 Å². The van der Waals surface area contributed by atoms with E-state index in [0.717, 1.165) is 43.0 Å². The van der Waals surface area contributed by atoms with Gasteiger partial charge >= 0.3 is 6.03 Å². The number of anilines is 3. The number of nitrogen functional groups attached to an aromatic ring is 1. The molecule has 33 heavy (non-hydrogen) atoms. The molecular weight excluding hydrogens is 436 g/mol. The average molecular weight is 461 g/mol. The molecule has 0 unspecified atom stereocenters. The Labute approximate surface area is 195 Å². The van der Waals surface area contributed by atoms with Crippen molar-refractivity contribution in [1.29, 1.82) is 0 Å². The fourth-order valence-electron chi connectivity index (χ4n) is 3.78. The molecule has 0 radical (unpaired) electrons. The smallest absolute Gasteiger partial charge is 0.323 e. The minimum atomic E-state index is -0.369. The summed E-state index contributed by atoms with van der Waals surface area (Å²) in [6.45, 7) is 3.97. The van der Waals surface area contributed by atoms with Crippen LogP contribution in [0.2, 0.25) is 0 Å². The number of primary amides is 1. The number of nitrogens with zero attached hydrogens (tertiary/aromatic N) is 2. The number of aromatic nitrogens is 2. The number of aryl methyl sites for hydroxylation is 3. The van der Waals surface area contributed by atoms with Crippen LogP contribution in [0.5, 0.6) is 0 Å². The summed E-state index contributed by atoms with van der Waals surface area (Å²) in [7, 11) is 0. The Morgan fingerprint density at radius 2 is 1.64 bits per heavy atom. The summed E-state index contributed by atoms with van der Waals surface area (Å²) in [5.41, 5.74) is 16.8. The molecule has 2 aromatic carbocycles. The average Bonchev–Trinajstić information content (AvgIpc) is 3.12. The molecule has 9 heteroatoms. The van der Waals surface area contributed by atoms with Crippen molar-refractivity contribution in [3.63, 3.8) is 0 Å². The predicted octanol–water partition coefficient (Wildman–Crippen LogP) is 4.62. The Bertz CT molecular complexity index is 1330. The molecule has 0 bridgehead atoms. The first-order valence-corrected chi connectivity index (χ1v) is 11.2. The molecule has 0 fully saturated rings. The van der Waals surface area contributed by atoms with Crippen LogP contribution in [0.4, 0.5) is 22.0 Å². The molecule has 168 valence electrons. The normalized spacial score (nSPS) is 10.8. The molecule has 2 aromatic heterocycles. The number of thiophene rings is 1. The number of urea groups is 1. The fourth-order valence-corrected chi connectivity index (χ4v) is 4.95. The van der Waals surface area contributed by atoms with Gasteiger partial charge in [-0.2, -0.15) is 0 Å². The lowest BCUT2D eigenvalue weighted by molar-refractivity contribution is -0.117. The number of benzene rings is 2. The standard InChI is InChI=1S/C24H24N6O2S/c1-13-9-14(2)11-17(10-13)30-24(32)29-16-5-3-15(4-6-16)20-18(7-8-19(25)31)33-23-21(20)22(26)27-12-28-23/h3-6,9-12H,7-8H2,1-2H3,(H2,25,31)(H2,26,27,28)(H2,29,30,32). The SMILES string of the molecule is Cc1cc(C)cc(NC(=O)Nc2ccc(-c3c(CCC(N)=O)sc4ncnc(N)c34)cc2)c1. The molecule has 0 saturated carbocycles. The number of amides is 3. The molecule has 0 aliphatic heterocycles. The third-order valence-electron chi connectivity index (χ3n) is 5.10. The van der Waals surface area contributed by atoms with Gasteiger partial charge in [-0.1, -0.05) is 18.2 Å². The molecule has 0 spiro atoms. The lowest BCUT2D eigenvalue weighted by Crippen LogP contribution is -2.19. The molecule has 2 heterocycles. The van der Waals surface area contributed by atoms with Gasteiger partial charge in [0.1, 0.15) is 17.0 Å². The second-order valence-corrected chi connectivity index (χ2v) is 8.92. The summed E-state index contributed by atoms with van der Waals surface area (Å²) in [5, 5.41) is 6.46. The van der Waals surface area contributed by atoms with E-state index in [1.807, 2.05) is 56.3 Å². The summed E-state index contributed by atoms with van der Waals surface area (Å²) in [4.78, 5) is 34.0. The summed E-state index contributed by atoms with van der Waals surface area (Å²) >= 11 is 1.47. The van der Waals surface area contributed by atoms with Crippen molar-refractivity contribution >= 4 is 50.7 Å². The number of hydrogen-bond donors (Lipinski definition) is 4. The van der Waals surface area contributed by atoms with Crippen LogP contribution >= 0.6 is 11.3 Å². The minimum Gasteiger partial charge on any atom is -0.383 e. The molecule has 8 nitrogen and oxygen atoms in total. The number of hydrogen-bond acceptors (Lipinski definition) is 6. The number of fused-ring (bicyclic) bond motifs is 1. The van der Waals surface area contributed by atoms with Crippen LogP contribution in [0.25, 0.3) is 21.3 Å². The lowest BCUT2D eigenvalue weighted by Gasteiger charge is -2.10. The van der Waals surface area contributed by atoms with Gasteiger partial charge in [0.25, 0.3) is 0 Å². The van der Waals surface area contributed by atoms with E-state index in [9.17, 15) is 9.59 Å². The van der Waals surface area contributed by atoms with Gasteiger partial charge in [0.2, 0.25) is 5.91 Å². The Hall–Kier alpha value is -3.98. The predicted molar refractivity (Wildman–Crippen MR) is 133 cm³/mol. The topological polar surface area (TPSA) is 136 Å². The summed E-state index contributed by atoms with van der Waals surface area (Å²) in [5.74, 6) is 0.0124. The van der Waals surface area contributed by atoms with Crippen LogP contribution in [0.15, 0.2) is 48.8 Å². The van der Waals surface area contributed by atoms with Crippen LogP contribution in [0.3, 0.4) is 0 Å². The summed E-state index contributed by atoms with van der Waals surface area (Å²) < 4.78 is 0. The van der Waals surface area contributed by atoms with E-state index in [1.54, 1.807) is 0 Å². The zero-order chi connectivity index (χ0) is 23.5. The van der Waals surface area contributed by atoms with Gasteiger partial charge in [-0.3, -0.25) is 4.79 Å². The number of nitrogens with one attached hydrogen (secondary N) is 2. The Balaban J connectivity index is 1.58. The molecule has 0 atom stereocenters. The third-order valence-corrected chi connectivity index (χ3v) is 6.26. The van der Waals surface area contributed by atoms with Crippen molar-refractivity contribution < 1.29 is 9.59 Å². The van der Waals surface area contributed by atoms with Gasteiger partial charge in [-0.25, -0.2) is 14.8 Å². The van der Waals surface area contributed by atoms with Crippen molar-refractivity contribution in [3.8, 4) is 11.1 Å². The molecule has 3 amide bonds. The van der Waals surface area contributed by atoms with Gasteiger partial charge in [-0.05, 0) is 61.2 Å². The number of nitrogens with two attached hydrogens (primary N) is 2. The number of carbonyl (C=O) groups is 2. The van der Waals surface area contributed by atoms with Crippen LogP contribution < -0.4 is 22.1 Å². The van der Waals surface area contributed by atoms with Crippen molar-refractivity contribution in [2.75, 3.05) is 16.4 Å². The van der Waals surface area contributed by atoms with Gasteiger partial charge < -0.3 is 22.1 Å². The zero-order valence-electron chi connectivity index (χ0n) is 18.3. The van der Waals surface area contributed by atoms with Crippen LogP contribution in [-0.2, 0) is 11.2 Å². The maximum Gasteiger partial charge on any atom is 0.323 e. The summed E-state index contributed by atoms with van der Waals surface area (Å²) in [6.07, 6.45) is 2.14. The molecule has 0 aliphatic carbocycles. The first-order valence-electron chi connectivity index (χ1n) is 10.4. The Morgan fingerprint density at radius 3 is 2.30 bits per heavy atom. The van der Waals surface area contributed by atoms with E-state index in [1.165, 1.54) is 17.7 Å². The van der Waals surface area contributed by atoms with Gasteiger partial charge in [0.05, 0.1) is 5.39 Å². The van der Waals surface area contributed by atoms with Crippen LogP contribution in [0, 0.1) is 13.8 Å². The minimum absolute atomic E-state index is 0.228. The summed E-state index contributed by atoms with van der Waals surface area (Å²) in [6, 6.07) is 13.0. The highest BCUT2D eigenvalue weighted by molar-refractivity contribution is 7.19. The quantitative estimate of drug-likeness (QED) is 0.333. The molecule has 0 saturated heterocycles. The van der Waals surface area contributed by atoms with E-state index < -0.39 is 0 Å². The van der Waals surface area contributed by atoms with Crippen molar-refractivity contribution in [2.24, 2.45) is 5.73 Å². The monoisotopic (exact) mass is 460 g/mol. The number of carbonyl (C=O) groups excluding carboxylic acids is 2. The molecule has 4 rings (SSSR count). The van der Waals surface area contributed by atoms with Crippen LogP contribution in [-0.4, -0.2) is 21.9 Å². The Kier molecular flexibility index (Phi) is 6.23. The Morgan fingerprint density at radius 1 is 0.970 bits per heavy atom. The molecular formula is C24H24N6O2S. The molecule has 4 aromatic rings. The van der Waals surface area contributed by atoms with Crippen molar-refractivity contribution in [3.05, 3.63) is 64.8 Å². The van der Waals surface area contributed by atoms with Crippen molar-refractivity contribution in [2.45, 2.75) is 26.7 Å². The van der Waals surface area contributed by atoms with E-state index in [0.29, 0.717) is 17.9 Å². The van der Waals surface area contributed by atoms with E-state index in [4.69, 9.17) is 11.5 Å². The number of rotatable bonds is 6. The fraction of sp³-hybridized carbons (Fsp3) is 0.167.